The number of thiazole rings is 1. The van der Waals surface area contributed by atoms with Gasteiger partial charge in [-0.15, -0.1) is 11.3 Å². The van der Waals surface area contributed by atoms with Crippen LogP contribution in [0.1, 0.15) is 18.9 Å². The highest BCUT2D eigenvalue weighted by atomic mass is 32.1. The second-order valence-electron chi connectivity index (χ2n) is 4.18. The van der Waals surface area contributed by atoms with Crippen LogP contribution < -0.4 is 0 Å². The summed E-state index contributed by atoms with van der Waals surface area (Å²) in [6.07, 6.45) is 0. The highest BCUT2D eigenvalue weighted by Gasteiger charge is 2.12. The molecule has 0 atom stereocenters. The molecule has 5 heteroatoms. The van der Waals surface area contributed by atoms with Gasteiger partial charge in [-0.2, -0.15) is 0 Å². The Morgan fingerprint density at radius 3 is 2.84 bits per heavy atom. The van der Waals surface area contributed by atoms with E-state index in [4.69, 9.17) is 4.74 Å². The molecular weight excluding hydrogens is 260 g/mol. The number of nitrogens with zero attached hydrogens (tertiary/aromatic N) is 2. The van der Waals surface area contributed by atoms with Crippen LogP contribution in [0.5, 0.6) is 0 Å². The molecule has 19 heavy (non-hydrogen) atoms. The van der Waals surface area contributed by atoms with Gasteiger partial charge >= 0.3 is 5.97 Å². The first-order valence-electron chi connectivity index (χ1n) is 6.45. The molecule has 0 aliphatic carbocycles. The minimum absolute atomic E-state index is 0.175. The lowest BCUT2D eigenvalue weighted by molar-refractivity contribution is -0.144. The maximum atomic E-state index is 11.5. The van der Waals surface area contributed by atoms with E-state index in [1.165, 1.54) is 4.70 Å². The first-order chi connectivity index (χ1) is 9.22. The second kappa shape index (κ2) is 6.63. The lowest BCUT2D eigenvalue weighted by Gasteiger charge is -2.17. The third-order valence-corrected chi connectivity index (χ3v) is 3.82. The van der Waals surface area contributed by atoms with Gasteiger partial charge in [0.05, 0.1) is 29.9 Å². The number of hydrogen-bond acceptors (Lipinski definition) is 5. The van der Waals surface area contributed by atoms with Gasteiger partial charge in [0, 0.05) is 0 Å². The molecule has 2 rings (SSSR count). The zero-order chi connectivity index (χ0) is 13.7. The van der Waals surface area contributed by atoms with E-state index in [0.29, 0.717) is 19.7 Å². The van der Waals surface area contributed by atoms with Gasteiger partial charge in [0.25, 0.3) is 0 Å². The summed E-state index contributed by atoms with van der Waals surface area (Å²) in [6, 6.07) is 8.08. The first kappa shape index (κ1) is 14.0. The lowest BCUT2D eigenvalue weighted by atomic mass is 10.3. The molecule has 0 N–H and O–H groups in total. The van der Waals surface area contributed by atoms with Crippen LogP contribution in [0.15, 0.2) is 24.3 Å². The smallest absolute Gasteiger partial charge is 0.320 e. The van der Waals surface area contributed by atoms with Gasteiger partial charge < -0.3 is 4.74 Å². The fraction of sp³-hybridized carbons (Fsp3) is 0.429. The molecule has 0 saturated heterocycles. The topological polar surface area (TPSA) is 42.4 Å². The predicted octanol–water partition coefficient (Wildman–Crippen LogP) is 2.68. The van der Waals surface area contributed by atoms with Gasteiger partial charge in [0.15, 0.2) is 0 Å². The van der Waals surface area contributed by atoms with Crippen molar-refractivity contribution in [3.05, 3.63) is 29.3 Å². The monoisotopic (exact) mass is 278 g/mol. The molecule has 0 radical (unpaired) electrons. The van der Waals surface area contributed by atoms with Crippen LogP contribution in [0.4, 0.5) is 0 Å². The number of ether oxygens (including phenoxy) is 1. The van der Waals surface area contributed by atoms with Gasteiger partial charge in [0.2, 0.25) is 0 Å². The SMILES string of the molecule is CCOC(=O)CN(CC)Cc1nc2ccccc2s1. The number of benzene rings is 1. The molecule has 4 nitrogen and oxygen atoms in total. The highest BCUT2D eigenvalue weighted by Crippen LogP contribution is 2.22. The molecule has 0 aliphatic rings. The number of rotatable bonds is 6. The number of para-hydroxylation sites is 1. The second-order valence-corrected chi connectivity index (χ2v) is 5.30. The van der Waals surface area contributed by atoms with Crippen LogP contribution in [0, 0.1) is 0 Å². The Kier molecular flexibility index (Phi) is 4.87. The molecule has 0 unspecified atom stereocenters. The number of carbonyl (C=O) groups is 1. The van der Waals surface area contributed by atoms with Gasteiger partial charge in [-0.05, 0) is 25.6 Å². The number of likely N-dealkylation sites (N-methyl/N-ethyl adjacent to an activating group) is 1. The molecule has 1 aromatic heterocycles. The summed E-state index contributed by atoms with van der Waals surface area (Å²) in [4.78, 5) is 18.1. The zero-order valence-corrected chi connectivity index (χ0v) is 12.1. The van der Waals surface area contributed by atoms with E-state index in [2.05, 4.69) is 11.1 Å². The van der Waals surface area contributed by atoms with Crippen LogP contribution in [-0.4, -0.2) is 35.5 Å². The predicted molar refractivity (Wildman–Crippen MR) is 77.2 cm³/mol. The first-order valence-corrected chi connectivity index (χ1v) is 7.27. The van der Waals surface area contributed by atoms with Crippen LogP contribution in [0.2, 0.25) is 0 Å². The Morgan fingerprint density at radius 1 is 1.37 bits per heavy atom. The average molecular weight is 278 g/mol. The maximum Gasteiger partial charge on any atom is 0.320 e. The van der Waals surface area contributed by atoms with Crippen molar-refractivity contribution in [2.75, 3.05) is 19.7 Å². The van der Waals surface area contributed by atoms with Crippen molar-refractivity contribution in [2.45, 2.75) is 20.4 Å². The van der Waals surface area contributed by atoms with Crippen molar-refractivity contribution >= 4 is 27.5 Å². The zero-order valence-electron chi connectivity index (χ0n) is 11.3. The Labute approximate surface area is 117 Å². The van der Waals surface area contributed by atoms with Gasteiger partial charge in [0.1, 0.15) is 5.01 Å². The summed E-state index contributed by atoms with van der Waals surface area (Å²) in [7, 11) is 0. The summed E-state index contributed by atoms with van der Waals surface area (Å²) in [6.45, 7) is 6.09. The van der Waals surface area contributed by atoms with Crippen LogP contribution in [0.3, 0.4) is 0 Å². The standard InChI is InChI=1S/C14H18N2O2S/c1-3-16(10-14(17)18-4-2)9-13-15-11-7-5-6-8-12(11)19-13/h5-8H,3-4,9-10H2,1-2H3. The fourth-order valence-electron chi connectivity index (χ4n) is 1.85. The lowest BCUT2D eigenvalue weighted by Crippen LogP contribution is -2.30. The molecule has 0 bridgehead atoms. The van der Waals surface area contributed by atoms with E-state index in [1.54, 1.807) is 11.3 Å². The minimum Gasteiger partial charge on any atom is -0.465 e. The Balaban J connectivity index is 2.03. The maximum absolute atomic E-state index is 11.5. The molecule has 0 aliphatic heterocycles. The highest BCUT2D eigenvalue weighted by molar-refractivity contribution is 7.18. The third kappa shape index (κ3) is 3.75. The molecule has 1 heterocycles. The van der Waals surface area contributed by atoms with Crippen molar-refractivity contribution in [3.8, 4) is 0 Å². The van der Waals surface area contributed by atoms with E-state index in [1.807, 2.05) is 36.9 Å². The Bertz CT molecular complexity index is 520. The van der Waals surface area contributed by atoms with Crippen molar-refractivity contribution in [3.63, 3.8) is 0 Å². The van der Waals surface area contributed by atoms with E-state index in [0.717, 1.165) is 17.1 Å². The normalized spacial score (nSPS) is 11.1. The molecule has 0 saturated carbocycles. The van der Waals surface area contributed by atoms with Crippen LogP contribution in [-0.2, 0) is 16.1 Å². The average Bonchev–Trinajstić information content (AvgIpc) is 2.80. The molecule has 102 valence electrons. The quantitative estimate of drug-likeness (QED) is 0.762. The molecule has 1 aromatic carbocycles. The number of aromatic nitrogens is 1. The number of esters is 1. The fourth-order valence-corrected chi connectivity index (χ4v) is 2.86. The molecule has 0 spiro atoms. The van der Waals surface area contributed by atoms with E-state index >= 15 is 0 Å². The van der Waals surface area contributed by atoms with Gasteiger partial charge in [-0.1, -0.05) is 19.1 Å². The summed E-state index contributed by atoms with van der Waals surface area (Å²) >= 11 is 1.68. The number of hydrogen-bond donors (Lipinski definition) is 0. The van der Waals surface area contributed by atoms with Crippen LogP contribution in [0.25, 0.3) is 10.2 Å². The summed E-state index contributed by atoms with van der Waals surface area (Å²) in [5, 5.41) is 1.03. The third-order valence-electron chi connectivity index (χ3n) is 2.80. The number of fused-ring (bicyclic) bond motifs is 1. The molecule has 2 aromatic rings. The Morgan fingerprint density at radius 2 is 2.16 bits per heavy atom. The molecular formula is C14H18N2O2S. The molecule has 0 amide bonds. The van der Waals surface area contributed by atoms with Crippen molar-refractivity contribution in [2.24, 2.45) is 0 Å². The van der Waals surface area contributed by atoms with Crippen molar-refractivity contribution in [1.82, 2.24) is 9.88 Å². The minimum atomic E-state index is -0.175. The van der Waals surface area contributed by atoms with Crippen LogP contribution >= 0.6 is 11.3 Å². The van der Waals surface area contributed by atoms with E-state index in [-0.39, 0.29) is 5.97 Å². The van der Waals surface area contributed by atoms with Gasteiger partial charge in [-0.25, -0.2) is 4.98 Å². The van der Waals surface area contributed by atoms with E-state index < -0.39 is 0 Å². The Hall–Kier alpha value is -1.46. The largest absolute Gasteiger partial charge is 0.465 e. The number of carbonyl (C=O) groups excluding carboxylic acids is 1. The summed E-state index contributed by atoms with van der Waals surface area (Å²) < 4.78 is 6.16. The molecule has 0 fully saturated rings. The summed E-state index contributed by atoms with van der Waals surface area (Å²) in [5.74, 6) is -0.175. The van der Waals surface area contributed by atoms with E-state index in [9.17, 15) is 4.79 Å². The van der Waals surface area contributed by atoms with Crippen molar-refractivity contribution in [1.29, 1.82) is 0 Å². The van der Waals surface area contributed by atoms with Gasteiger partial charge in [-0.3, -0.25) is 9.69 Å². The summed E-state index contributed by atoms with van der Waals surface area (Å²) in [5.41, 5.74) is 1.02. The van der Waals surface area contributed by atoms with Crippen molar-refractivity contribution < 1.29 is 9.53 Å².